The van der Waals surface area contributed by atoms with Gasteiger partial charge in [-0.15, -0.1) is 0 Å². The van der Waals surface area contributed by atoms with Gasteiger partial charge in [-0.2, -0.15) is 0 Å². The van der Waals surface area contributed by atoms with Crippen molar-refractivity contribution in [2.45, 2.75) is 69.3 Å². The Kier molecular flexibility index (Phi) is 6.64. The van der Waals surface area contributed by atoms with Crippen molar-refractivity contribution in [2.24, 2.45) is 5.92 Å². The standard InChI is InChI=1S/C26H29F2N5O3S/c27-26(28)6-7-33(14-26)18-8-16(9-18)24(35)32-25-31-19-5-4-15(10-22(19)37-25)17-11-29-23(30-12-17)13-36-21-3-1-2-20(21)34/h4-5,10-12,16,18,20-21,34H,1-3,6-9,13-14H2,(H,31,32,35)/t16?,18?,20-,21-/m0/s1. The molecular weight excluding hydrogens is 500 g/mol. The molecule has 3 heterocycles. The van der Waals surface area contributed by atoms with Gasteiger partial charge in [-0.1, -0.05) is 17.4 Å². The van der Waals surface area contributed by atoms with E-state index in [9.17, 15) is 18.7 Å². The Hall–Kier alpha value is -2.60. The lowest BCUT2D eigenvalue weighted by Gasteiger charge is -2.40. The molecule has 37 heavy (non-hydrogen) atoms. The number of hydrogen-bond donors (Lipinski definition) is 2. The van der Waals surface area contributed by atoms with Crippen LogP contribution in [0.25, 0.3) is 21.3 Å². The lowest BCUT2D eigenvalue weighted by Crippen LogP contribution is -2.48. The number of anilines is 1. The molecule has 6 rings (SSSR count). The lowest BCUT2D eigenvalue weighted by atomic mass is 9.79. The number of amides is 1. The van der Waals surface area contributed by atoms with Crippen LogP contribution in [0.15, 0.2) is 30.6 Å². The van der Waals surface area contributed by atoms with Crippen LogP contribution >= 0.6 is 11.3 Å². The highest BCUT2D eigenvalue weighted by atomic mass is 32.1. The molecule has 196 valence electrons. The van der Waals surface area contributed by atoms with Crippen molar-refractivity contribution < 1.29 is 23.4 Å². The summed E-state index contributed by atoms with van der Waals surface area (Å²) in [6.07, 6.45) is 6.70. The normalized spacial score (nSPS) is 27.4. The van der Waals surface area contributed by atoms with Crippen LogP contribution in [-0.4, -0.2) is 68.1 Å². The molecule has 11 heteroatoms. The molecule has 0 bridgehead atoms. The average Bonchev–Trinajstić information content (AvgIpc) is 3.54. The fraction of sp³-hybridized carbons (Fsp3) is 0.538. The van der Waals surface area contributed by atoms with Gasteiger partial charge in [-0.3, -0.25) is 9.69 Å². The average molecular weight is 530 g/mol. The number of benzene rings is 1. The zero-order valence-electron chi connectivity index (χ0n) is 20.3. The first kappa shape index (κ1) is 24.7. The molecule has 3 aromatic rings. The second-order valence-electron chi connectivity index (χ2n) is 10.3. The first-order chi connectivity index (χ1) is 17.8. The Labute approximate surface area is 217 Å². The molecule has 0 radical (unpaired) electrons. The molecule has 2 saturated carbocycles. The van der Waals surface area contributed by atoms with Crippen LogP contribution in [0.4, 0.5) is 13.9 Å². The van der Waals surface area contributed by atoms with Gasteiger partial charge in [0, 0.05) is 42.9 Å². The number of carbonyl (C=O) groups excluding carboxylic acids is 1. The van der Waals surface area contributed by atoms with Gasteiger partial charge >= 0.3 is 0 Å². The van der Waals surface area contributed by atoms with Gasteiger partial charge in [0.25, 0.3) is 5.92 Å². The van der Waals surface area contributed by atoms with Gasteiger partial charge in [0.2, 0.25) is 5.91 Å². The second kappa shape index (κ2) is 9.94. The third kappa shape index (κ3) is 5.36. The van der Waals surface area contributed by atoms with Crippen molar-refractivity contribution in [3.8, 4) is 11.1 Å². The van der Waals surface area contributed by atoms with Crippen LogP contribution in [0.2, 0.25) is 0 Å². The van der Waals surface area contributed by atoms with Gasteiger partial charge in [0.15, 0.2) is 11.0 Å². The summed E-state index contributed by atoms with van der Waals surface area (Å²) in [5.74, 6) is -2.30. The number of ether oxygens (including phenoxy) is 1. The molecule has 8 nitrogen and oxygen atoms in total. The summed E-state index contributed by atoms with van der Waals surface area (Å²) in [5.41, 5.74) is 2.59. The lowest BCUT2D eigenvalue weighted by molar-refractivity contribution is -0.124. The summed E-state index contributed by atoms with van der Waals surface area (Å²) in [5, 5.41) is 13.3. The largest absolute Gasteiger partial charge is 0.390 e. The number of alkyl halides is 2. The maximum absolute atomic E-state index is 13.5. The number of hydrogen-bond acceptors (Lipinski definition) is 8. The number of nitrogens with one attached hydrogen (secondary N) is 1. The summed E-state index contributed by atoms with van der Waals surface area (Å²) in [4.78, 5) is 27.9. The summed E-state index contributed by atoms with van der Waals surface area (Å²) < 4.78 is 33.6. The molecule has 0 spiro atoms. The van der Waals surface area contributed by atoms with Gasteiger partial charge < -0.3 is 15.2 Å². The highest BCUT2D eigenvalue weighted by Crippen LogP contribution is 2.38. The van der Waals surface area contributed by atoms with Gasteiger partial charge in [0.1, 0.15) is 6.61 Å². The number of aliphatic hydroxyl groups excluding tert-OH is 1. The number of aliphatic hydroxyl groups is 1. The Morgan fingerprint density at radius 1 is 1.22 bits per heavy atom. The number of thiazole rings is 1. The predicted molar refractivity (Wildman–Crippen MR) is 135 cm³/mol. The van der Waals surface area contributed by atoms with Crippen LogP contribution in [0, 0.1) is 5.92 Å². The number of halogens is 2. The minimum Gasteiger partial charge on any atom is -0.390 e. The fourth-order valence-electron chi connectivity index (χ4n) is 5.40. The molecule has 2 aliphatic carbocycles. The first-order valence-electron chi connectivity index (χ1n) is 12.8. The van der Waals surface area contributed by atoms with E-state index in [-0.39, 0.29) is 43.5 Å². The van der Waals surface area contributed by atoms with E-state index < -0.39 is 12.0 Å². The van der Waals surface area contributed by atoms with Crippen molar-refractivity contribution >= 4 is 32.6 Å². The number of nitrogens with zero attached hydrogens (tertiary/aromatic N) is 4. The van der Waals surface area contributed by atoms with Crippen LogP contribution in [-0.2, 0) is 16.1 Å². The SMILES string of the molecule is O=C(Nc1nc2ccc(-c3cnc(CO[C@H]4CCC[C@@H]4O)nc3)cc2s1)C1CC(N2CCC(F)(F)C2)C1. The van der Waals surface area contributed by atoms with Crippen molar-refractivity contribution in [1.29, 1.82) is 0 Å². The van der Waals surface area contributed by atoms with Gasteiger partial charge in [-0.05, 0) is 49.8 Å². The van der Waals surface area contributed by atoms with Crippen molar-refractivity contribution in [2.75, 3.05) is 18.4 Å². The van der Waals surface area contributed by atoms with E-state index in [1.165, 1.54) is 11.3 Å². The van der Waals surface area contributed by atoms with Crippen LogP contribution in [0.3, 0.4) is 0 Å². The van der Waals surface area contributed by atoms with Crippen LogP contribution in [0.5, 0.6) is 0 Å². The van der Waals surface area contributed by atoms with Crippen molar-refractivity contribution in [3.63, 3.8) is 0 Å². The molecule has 1 aliphatic heterocycles. The molecule has 3 aliphatic rings. The highest BCUT2D eigenvalue weighted by molar-refractivity contribution is 7.22. The van der Waals surface area contributed by atoms with E-state index >= 15 is 0 Å². The second-order valence-corrected chi connectivity index (χ2v) is 11.4. The Balaban J connectivity index is 1.05. The summed E-state index contributed by atoms with van der Waals surface area (Å²) in [6, 6.07) is 5.91. The van der Waals surface area contributed by atoms with Gasteiger partial charge in [0.05, 0.1) is 29.0 Å². The minimum absolute atomic E-state index is 0.0662. The molecule has 0 unspecified atom stereocenters. The first-order valence-corrected chi connectivity index (χ1v) is 13.6. The van der Waals surface area contributed by atoms with E-state index in [1.54, 1.807) is 12.4 Å². The Morgan fingerprint density at radius 2 is 2.03 bits per heavy atom. The molecule has 2 atom stereocenters. The van der Waals surface area contributed by atoms with E-state index in [2.05, 4.69) is 20.3 Å². The predicted octanol–water partition coefficient (Wildman–Crippen LogP) is 4.24. The molecule has 1 saturated heterocycles. The maximum Gasteiger partial charge on any atom is 0.261 e. The molecule has 3 fully saturated rings. The number of carbonyl (C=O) groups is 1. The van der Waals surface area contributed by atoms with Crippen LogP contribution < -0.4 is 5.32 Å². The zero-order valence-corrected chi connectivity index (χ0v) is 21.1. The molecule has 2 N–H and O–H groups in total. The van der Waals surface area contributed by atoms with E-state index in [1.807, 2.05) is 23.1 Å². The number of rotatable bonds is 7. The van der Waals surface area contributed by atoms with E-state index in [4.69, 9.17) is 4.74 Å². The van der Waals surface area contributed by atoms with Crippen LogP contribution in [0.1, 0.15) is 44.3 Å². The van der Waals surface area contributed by atoms with Gasteiger partial charge in [-0.25, -0.2) is 23.7 Å². The molecule has 1 amide bonds. The van der Waals surface area contributed by atoms with E-state index in [0.717, 1.165) is 40.6 Å². The highest BCUT2D eigenvalue weighted by Gasteiger charge is 2.46. The monoisotopic (exact) mass is 529 g/mol. The fourth-order valence-corrected chi connectivity index (χ4v) is 6.31. The quantitative estimate of drug-likeness (QED) is 0.472. The molecular formula is C26H29F2N5O3S. The minimum atomic E-state index is -2.60. The Morgan fingerprint density at radius 3 is 2.73 bits per heavy atom. The number of fused-ring (bicyclic) bond motifs is 1. The third-order valence-electron chi connectivity index (χ3n) is 7.70. The van der Waals surface area contributed by atoms with Crippen molar-refractivity contribution in [3.05, 3.63) is 36.4 Å². The summed E-state index contributed by atoms with van der Waals surface area (Å²) in [7, 11) is 0. The third-order valence-corrected chi connectivity index (χ3v) is 8.63. The molecule has 1 aromatic carbocycles. The topological polar surface area (TPSA) is 100 Å². The van der Waals surface area contributed by atoms with Crippen molar-refractivity contribution in [1.82, 2.24) is 19.9 Å². The van der Waals surface area contributed by atoms with E-state index in [0.29, 0.717) is 30.3 Å². The zero-order chi connectivity index (χ0) is 25.6. The number of likely N-dealkylation sites (tertiary alicyclic amines) is 1. The smallest absolute Gasteiger partial charge is 0.261 e. The summed E-state index contributed by atoms with van der Waals surface area (Å²) in [6.45, 7) is 0.474. The maximum atomic E-state index is 13.5. The summed E-state index contributed by atoms with van der Waals surface area (Å²) >= 11 is 1.40. The Bertz CT molecular complexity index is 1280. The number of aromatic nitrogens is 3. The molecule has 2 aromatic heterocycles.